The Morgan fingerprint density at radius 3 is 2.73 bits per heavy atom. The fourth-order valence-corrected chi connectivity index (χ4v) is 1.80. The van der Waals surface area contributed by atoms with E-state index in [0.717, 1.165) is 0 Å². The molecule has 0 radical (unpaired) electrons. The van der Waals surface area contributed by atoms with Gasteiger partial charge in [-0.3, -0.25) is 14.6 Å². The Morgan fingerprint density at radius 2 is 1.87 bits per heavy atom. The third-order valence-corrected chi connectivity index (χ3v) is 2.53. The van der Waals surface area contributed by atoms with Gasteiger partial charge in [-0.25, -0.2) is 0 Å². The van der Waals surface area contributed by atoms with Crippen LogP contribution in [-0.2, 0) is 0 Å². The zero-order valence-corrected chi connectivity index (χ0v) is 7.65. The van der Waals surface area contributed by atoms with Gasteiger partial charge in [0, 0.05) is 24.2 Å². The number of aromatic nitrogens is 2. The van der Waals surface area contributed by atoms with Gasteiger partial charge in [-0.2, -0.15) is 0 Å². The van der Waals surface area contributed by atoms with Crippen molar-refractivity contribution in [2.24, 2.45) is 0 Å². The van der Waals surface area contributed by atoms with Crippen molar-refractivity contribution in [2.75, 3.05) is 0 Å². The molecular formula is C11H6N2O2. The van der Waals surface area contributed by atoms with Crippen LogP contribution in [0.4, 0.5) is 0 Å². The summed E-state index contributed by atoms with van der Waals surface area (Å²) in [6.07, 6.45) is 4.54. The average molecular weight is 198 g/mol. The maximum Gasteiger partial charge on any atom is 0.212 e. The van der Waals surface area contributed by atoms with Gasteiger partial charge in [0.2, 0.25) is 5.78 Å². The van der Waals surface area contributed by atoms with Crippen LogP contribution >= 0.6 is 0 Å². The standard InChI is InChI=1S/C11H6N2O2/c14-10-6-1-3-12-5-8(6)11(15)9-7(10)2-4-13-9/h1-5,13H. The molecule has 0 unspecified atom stereocenters. The van der Waals surface area contributed by atoms with Gasteiger partial charge in [-0.15, -0.1) is 0 Å². The van der Waals surface area contributed by atoms with E-state index < -0.39 is 0 Å². The highest BCUT2D eigenvalue weighted by atomic mass is 16.1. The number of carbonyl (C=O) groups excluding carboxylic acids is 2. The molecule has 4 heteroatoms. The van der Waals surface area contributed by atoms with Crippen molar-refractivity contribution < 1.29 is 9.59 Å². The first-order valence-electron chi connectivity index (χ1n) is 4.50. The number of carbonyl (C=O) groups is 2. The van der Waals surface area contributed by atoms with E-state index in [-0.39, 0.29) is 11.6 Å². The van der Waals surface area contributed by atoms with E-state index >= 15 is 0 Å². The minimum absolute atomic E-state index is 0.122. The normalized spacial score (nSPS) is 13.6. The van der Waals surface area contributed by atoms with Crippen LogP contribution in [0.15, 0.2) is 30.7 Å². The van der Waals surface area contributed by atoms with Crippen LogP contribution in [0.25, 0.3) is 0 Å². The van der Waals surface area contributed by atoms with Crippen molar-refractivity contribution >= 4 is 11.6 Å². The van der Waals surface area contributed by atoms with E-state index in [1.54, 1.807) is 18.3 Å². The minimum Gasteiger partial charge on any atom is -0.358 e. The number of pyridine rings is 1. The lowest BCUT2D eigenvalue weighted by molar-refractivity contribution is 0.0976. The first-order valence-corrected chi connectivity index (χ1v) is 4.50. The summed E-state index contributed by atoms with van der Waals surface area (Å²) in [6, 6.07) is 3.20. The number of ketones is 2. The Hall–Kier alpha value is -2.23. The zero-order chi connectivity index (χ0) is 10.4. The molecule has 0 fully saturated rings. The first kappa shape index (κ1) is 8.11. The van der Waals surface area contributed by atoms with Crippen molar-refractivity contribution in [3.05, 3.63) is 53.1 Å². The van der Waals surface area contributed by atoms with Crippen molar-refractivity contribution in [1.82, 2.24) is 9.97 Å². The number of nitrogens with zero attached hydrogens (tertiary/aromatic N) is 1. The van der Waals surface area contributed by atoms with E-state index in [0.29, 0.717) is 22.4 Å². The van der Waals surface area contributed by atoms with Crippen molar-refractivity contribution in [3.63, 3.8) is 0 Å². The second-order valence-electron chi connectivity index (χ2n) is 3.35. The van der Waals surface area contributed by atoms with Crippen LogP contribution in [0.2, 0.25) is 0 Å². The second kappa shape index (κ2) is 2.63. The molecule has 3 rings (SSSR count). The molecule has 2 heterocycles. The Bertz CT molecular complexity index is 534. The van der Waals surface area contributed by atoms with Gasteiger partial charge in [0.25, 0.3) is 0 Å². The Labute approximate surface area is 85.0 Å². The Kier molecular flexibility index (Phi) is 1.42. The largest absolute Gasteiger partial charge is 0.358 e. The van der Waals surface area contributed by atoms with Gasteiger partial charge in [-0.05, 0) is 12.1 Å². The van der Waals surface area contributed by atoms with Gasteiger partial charge < -0.3 is 4.98 Å². The van der Waals surface area contributed by atoms with Crippen LogP contribution in [0.1, 0.15) is 32.0 Å². The Morgan fingerprint density at radius 1 is 1.00 bits per heavy atom. The molecule has 4 nitrogen and oxygen atoms in total. The van der Waals surface area contributed by atoms with E-state index in [9.17, 15) is 9.59 Å². The van der Waals surface area contributed by atoms with Gasteiger partial charge in [0.1, 0.15) is 0 Å². The van der Waals surface area contributed by atoms with Crippen molar-refractivity contribution in [1.29, 1.82) is 0 Å². The molecule has 0 saturated heterocycles. The molecule has 0 spiro atoms. The molecular weight excluding hydrogens is 192 g/mol. The highest BCUT2D eigenvalue weighted by molar-refractivity contribution is 6.27. The first-order chi connectivity index (χ1) is 7.29. The van der Waals surface area contributed by atoms with Gasteiger partial charge in [-0.1, -0.05) is 0 Å². The molecule has 0 amide bonds. The van der Waals surface area contributed by atoms with Gasteiger partial charge >= 0.3 is 0 Å². The molecule has 2 aromatic rings. The molecule has 15 heavy (non-hydrogen) atoms. The van der Waals surface area contributed by atoms with E-state index in [2.05, 4.69) is 9.97 Å². The zero-order valence-electron chi connectivity index (χ0n) is 7.65. The number of H-pyrrole nitrogens is 1. The van der Waals surface area contributed by atoms with Crippen molar-refractivity contribution in [3.8, 4) is 0 Å². The van der Waals surface area contributed by atoms with E-state index in [1.807, 2.05) is 0 Å². The number of aromatic amines is 1. The molecule has 1 N–H and O–H groups in total. The van der Waals surface area contributed by atoms with Crippen LogP contribution in [-0.4, -0.2) is 21.5 Å². The number of hydrogen-bond donors (Lipinski definition) is 1. The minimum atomic E-state index is -0.169. The van der Waals surface area contributed by atoms with Crippen LogP contribution in [0.3, 0.4) is 0 Å². The molecule has 0 saturated carbocycles. The molecule has 0 aromatic carbocycles. The lowest BCUT2D eigenvalue weighted by Crippen LogP contribution is -2.20. The number of fused-ring (bicyclic) bond motifs is 2. The topological polar surface area (TPSA) is 62.8 Å². The summed E-state index contributed by atoms with van der Waals surface area (Å²) in [6.45, 7) is 0. The highest BCUT2D eigenvalue weighted by Crippen LogP contribution is 2.25. The lowest BCUT2D eigenvalue weighted by Gasteiger charge is -2.12. The van der Waals surface area contributed by atoms with Gasteiger partial charge in [0.05, 0.1) is 16.8 Å². The van der Waals surface area contributed by atoms with E-state index in [4.69, 9.17) is 0 Å². The van der Waals surface area contributed by atoms with Gasteiger partial charge in [0.15, 0.2) is 5.78 Å². The summed E-state index contributed by atoms with van der Waals surface area (Å²) in [4.78, 5) is 30.4. The molecule has 72 valence electrons. The summed E-state index contributed by atoms with van der Waals surface area (Å²) in [5, 5.41) is 0. The summed E-state index contributed by atoms with van der Waals surface area (Å²) >= 11 is 0. The third-order valence-electron chi connectivity index (χ3n) is 2.53. The predicted molar refractivity (Wildman–Crippen MR) is 51.9 cm³/mol. The summed E-state index contributed by atoms with van der Waals surface area (Å²) < 4.78 is 0. The summed E-state index contributed by atoms with van der Waals surface area (Å²) in [5.74, 6) is -0.291. The highest BCUT2D eigenvalue weighted by Gasteiger charge is 2.30. The lowest BCUT2D eigenvalue weighted by atomic mass is 9.90. The second-order valence-corrected chi connectivity index (χ2v) is 3.35. The molecule has 1 aliphatic carbocycles. The van der Waals surface area contributed by atoms with Crippen LogP contribution in [0.5, 0.6) is 0 Å². The number of hydrogen-bond acceptors (Lipinski definition) is 3. The molecule has 1 aliphatic rings. The summed E-state index contributed by atoms with van der Waals surface area (Å²) in [5.41, 5.74) is 1.61. The molecule has 0 atom stereocenters. The summed E-state index contributed by atoms with van der Waals surface area (Å²) in [7, 11) is 0. The maximum atomic E-state index is 11.9. The maximum absolute atomic E-state index is 11.9. The van der Waals surface area contributed by atoms with Crippen LogP contribution in [0, 0.1) is 0 Å². The number of nitrogens with one attached hydrogen (secondary N) is 1. The number of rotatable bonds is 0. The predicted octanol–water partition coefficient (Wildman–Crippen LogP) is 1.19. The smallest absolute Gasteiger partial charge is 0.212 e. The SMILES string of the molecule is O=C1c2ccncc2C(=O)c2[nH]ccc21. The fraction of sp³-hybridized carbons (Fsp3) is 0. The third kappa shape index (κ3) is 0.929. The molecule has 0 aliphatic heterocycles. The molecule has 2 aromatic heterocycles. The fourth-order valence-electron chi connectivity index (χ4n) is 1.80. The van der Waals surface area contributed by atoms with E-state index in [1.165, 1.54) is 12.4 Å². The molecule has 0 bridgehead atoms. The van der Waals surface area contributed by atoms with Crippen LogP contribution < -0.4 is 0 Å². The monoisotopic (exact) mass is 198 g/mol. The quantitative estimate of drug-likeness (QED) is 0.590. The average Bonchev–Trinajstić information content (AvgIpc) is 2.75. The van der Waals surface area contributed by atoms with Crippen molar-refractivity contribution in [2.45, 2.75) is 0 Å². The Balaban J connectivity index is 2.36.